The van der Waals surface area contributed by atoms with E-state index in [0.29, 0.717) is 25.8 Å². The molecule has 1 unspecified atom stereocenters. The van der Waals surface area contributed by atoms with Gasteiger partial charge in [-0.05, 0) is 37.4 Å². The number of aryl methyl sites for hydroxylation is 1. The average molecular weight is 288 g/mol. The molecule has 1 aliphatic heterocycles. The molecule has 1 N–H and O–H groups in total. The molecule has 1 aromatic carbocycles. The quantitative estimate of drug-likeness (QED) is 0.819. The van der Waals surface area contributed by atoms with Crippen LogP contribution in [0.1, 0.15) is 49.8 Å². The van der Waals surface area contributed by atoms with Crippen LogP contribution in [0, 0.1) is 6.92 Å². The summed E-state index contributed by atoms with van der Waals surface area (Å²) in [5.74, 6) is -0.0775. The van der Waals surface area contributed by atoms with Crippen molar-refractivity contribution in [3.05, 3.63) is 35.4 Å². The summed E-state index contributed by atoms with van der Waals surface area (Å²) in [7, 11) is 0. The first-order valence-electron chi connectivity index (χ1n) is 7.75. The van der Waals surface area contributed by atoms with Crippen LogP contribution in [0.3, 0.4) is 0 Å². The van der Waals surface area contributed by atoms with Crippen molar-refractivity contribution < 1.29 is 9.59 Å². The molecule has 0 radical (unpaired) electrons. The van der Waals surface area contributed by atoms with Gasteiger partial charge in [0.05, 0.1) is 6.04 Å². The summed E-state index contributed by atoms with van der Waals surface area (Å²) in [4.78, 5) is 25.4. The van der Waals surface area contributed by atoms with E-state index in [1.807, 2.05) is 12.1 Å². The number of rotatable bonds is 6. The highest BCUT2D eigenvalue weighted by Gasteiger charge is 2.28. The fourth-order valence-electron chi connectivity index (χ4n) is 2.76. The van der Waals surface area contributed by atoms with Crippen LogP contribution < -0.4 is 5.32 Å². The van der Waals surface area contributed by atoms with Gasteiger partial charge in [-0.1, -0.05) is 31.2 Å². The highest BCUT2D eigenvalue weighted by molar-refractivity contribution is 5.97. The Labute approximate surface area is 126 Å². The van der Waals surface area contributed by atoms with Crippen molar-refractivity contribution in [1.82, 2.24) is 10.2 Å². The predicted octanol–water partition coefficient (Wildman–Crippen LogP) is 2.57. The van der Waals surface area contributed by atoms with Gasteiger partial charge < -0.3 is 5.32 Å². The minimum absolute atomic E-state index is 0.0112. The Bertz CT molecular complexity index is 497. The molecule has 1 atom stereocenters. The normalized spacial score (nSPS) is 17.1. The van der Waals surface area contributed by atoms with Gasteiger partial charge in [0.1, 0.15) is 0 Å². The van der Waals surface area contributed by atoms with Crippen molar-refractivity contribution in [2.75, 3.05) is 13.1 Å². The van der Waals surface area contributed by atoms with Crippen molar-refractivity contribution in [2.24, 2.45) is 0 Å². The fraction of sp³-hybridized carbons (Fsp3) is 0.529. The van der Waals surface area contributed by atoms with Gasteiger partial charge in [0.2, 0.25) is 11.8 Å². The lowest BCUT2D eigenvalue weighted by Gasteiger charge is -2.30. The Hall–Kier alpha value is -1.68. The number of imide groups is 1. The molecule has 1 fully saturated rings. The zero-order valence-electron chi connectivity index (χ0n) is 12.9. The topological polar surface area (TPSA) is 49.4 Å². The second-order valence-electron chi connectivity index (χ2n) is 5.61. The summed E-state index contributed by atoms with van der Waals surface area (Å²) >= 11 is 0. The van der Waals surface area contributed by atoms with Crippen LogP contribution in [-0.2, 0) is 9.59 Å². The number of piperidine rings is 1. The van der Waals surface area contributed by atoms with E-state index in [4.69, 9.17) is 0 Å². The molecule has 4 heteroatoms. The molecule has 114 valence electrons. The molecule has 2 amide bonds. The molecule has 1 aromatic rings. The van der Waals surface area contributed by atoms with Gasteiger partial charge in [-0.3, -0.25) is 14.5 Å². The SMILES string of the molecule is CCCNC(CN1C(=O)CCCC1=O)c1ccccc1C. The Morgan fingerprint density at radius 1 is 1.19 bits per heavy atom. The summed E-state index contributed by atoms with van der Waals surface area (Å²) in [5.41, 5.74) is 2.35. The number of carbonyl (C=O) groups is 2. The third-order valence-electron chi connectivity index (χ3n) is 3.95. The molecule has 0 aliphatic carbocycles. The van der Waals surface area contributed by atoms with Gasteiger partial charge in [-0.15, -0.1) is 0 Å². The first-order valence-corrected chi connectivity index (χ1v) is 7.75. The van der Waals surface area contributed by atoms with Crippen LogP contribution in [-0.4, -0.2) is 29.8 Å². The van der Waals surface area contributed by atoms with Crippen molar-refractivity contribution in [3.8, 4) is 0 Å². The number of hydrogen-bond acceptors (Lipinski definition) is 3. The van der Waals surface area contributed by atoms with E-state index in [9.17, 15) is 9.59 Å². The summed E-state index contributed by atoms with van der Waals surface area (Å²) in [5, 5.41) is 3.47. The molecule has 1 heterocycles. The summed E-state index contributed by atoms with van der Waals surface area (Å²) < 4.78 is 0. The van der Waals surface area contributed by atoms with Crippen molar-refractivity contribution in [2.45, 2.75) is 45.6 Å². The van der Waals surface area contributed by atoms with E-state index < -0.39 is 0 Å². The maximum absolute atomic E-state index is 12.0. The van der Waals surface area contributed by atoms with Crippen LogP contribution in [0.25, 0.3) is 0 Å². The Kier molecular flexibility index (Phi) is 5.51. The van der Waals surface area contributed by atoms with Crippen LogP contribution in [0.15, 0.2) is 24.3 Å². The predicted molar refractivity (Wildman–Crippen MR) is 82.8 cm³/mol. The van der Waals surface area contributed by atoms with E-state index in [2.05, 4.69) is 31.3 Å². The maximum Gasteiger partial charge on any atom is 0.229 e. The minimum Gasteiger partial charge on any atom is -0.308 e. The van der Waals surface area contributed by atoms with Crippen LogP contribution >= 0.6 is 0 Å². The summed E-state index contributed by atoms with van der Waals surface area (Å²) in [6.45, 7) is 5.48. The molecule has 0 bridgehead atoms. The van der Waals surface area contributed by atoms with Gasteiger partial charge in [-0.25, -0.2) is 0 Å². The van der Waals surface area contributed by atoms with E-state index in [1.165, 1.54) is 10.5 Å². The lowest BCUT2D eigenvalue weighted by atomic mass is 9.99. The Morgan fingerprint density at radius 2 is 1.86 bits per heavy atom. The standard InChI is InChI=1S/C17H24N2O2/c1-3-11-18-15(14-8-5-4-7-13(14)2)12-19-16(20)9-6-10-17(19)21/h4-5,7-8,15,18H,3,6,9-12H2,1-2H3. The maximum atomic E-state index is 12.0. The highest BCUT2D eigenvalue weighted by atomic mass is 16.2. The number of hydrogen-bond donors (Lipinski definition) is 1. The van der Waals surface area contributed by atoms with Gasteiger partial charge in [0.25, 0.3) is 0 Å². The van der Waals surface area contributed by atoms with E-state index in [1.54, 1.807) is 0 Å². The molecule has 0 saturated carbocycles. The fourth-order valence-corrected chi connectivity index (χ4v) is 2.76. The number of likely N-dealkylation sites (tertiary alicyclic amines) is 1. The lowest BCUT2D eigenvalue weighted by molar-refractivity contribution is -0.148. The summed E-state index contributed by atoms with van der Waals surface area (Å²) in [6.07, 6.45) is 2.68. The van der Waals surface area contributed by atoms with Crippen molar-refractivity contribution in [1.29, 1.82) is 0 Å². The van der Waals surface area contributed by atoms with Crippen LogP contribution in [0.2, 0.25) is 0 Å². The van der Waals surface area contributed by atoms with E-state index >= 15 is 0 Å². The third-order valence-corrected chi connectivity index (χ3v) is 3.95. The molecule has 21 heavy (non-hydrogen) atoms. The first-order chi connectivity index (χ1) is 10.1. The van der Waals surface area contributed by atoms with Crippen LogP contribution in [0.4, 0.5) is 0 Å². The minimum atomic E-state index is -0.0388. The molecule has 2 rings (SSSR count). The number of nitrogens with zero attached hydrogens (tertiary/aromatic N) is 1. The Morgan fingerprint density at radius 3 is 2.48 bits per heavy atom. The van der Waals surface area contributed by atoms with Crippen molar-refractivity contribution in [3.63, 3.8) is 0 Å². The van der Waals surface area contributed by atoms with Crippen molar-refractivity contribution >= 4 is 11.8 Å². The molecule has 0 aromatic heterocycles. The van der Waals surface area contributed by atoms with E-state index in [0.717, 1.165) is 18.5 Å². The number of amides is 2. The monoisotopic (exact) mass is 288 g/mol. The van der Waals surface area contributed by atoms with Gasteiger partial charge in [0, 0.05) is 19.4 Å². The Balaban J connectivity index is 2.18. The van der Waals surface area contributed by atoms with Gasteiger partial charge >= 0.3 is 0 Å². The molecule has 1 aliphatic rings. The zero-order chi connectivity index (χ0) is 15.2. The molecular weight excluding hydrogens is 264 g/mol. The summed E-state index contributed by atoms with van der Waals surface area (Å²) in [6, 6.07) is 8.16. The van der Waals surface area contributed by atoms with E-state index in [-0.39, 0.29) is 17.9 Å². The molecule has 4 nitrogen and oxygen atoms in total. The first kappa shape index (κ1) is 15.7. The number of carbonyl (C=O) groups excluding carboxylic acids is 2. The van der Waals surface area contributed by atoms with Crippen LogP contribution in [0.5, 0.6) is 0 Å². The largest absolute Gasteiger partial charge is 0.308 e. The number of benzene rings is 1. The lowest BCUT2D eigenvalue weighted by Crippen LogP contribution is -2.45. The smallest absolute Gasteiger partial charge is 0.229 e. The molecule has 0 spiro atoms. The highest BCUT2D eigenvalue weighted by Crippen LogP contribution is 2.21. The van der Waals surface area contributed by atoms with Gasteiger partial charge in [0.15, 0.2) is 0 Å². The molecular formula is C17H24N2O2. The second kappa shape index (κ2) is 7.36. The van der Waals surface area contributed by atoms with Gasteiger partial charge in [-0.2, -0.15) is 0 Å². The third kappa shape index (κ3) is 3.91. The molecule has 1 saturated heterocycles. The number of nitrogens with one attached hydrogen (secondary N) is 1. The zero-order valence-corrected chi connectivity index (χ0v) is 12.9. The average Bonchev–Trinajstić information content (AvgIpc) is 2.47. The second-order valence-corrected chi connectivity index (χ2v) is 5.61.